The number of carbonyl (C=O) groups excluding carboxylic acids is 1. The zero-order valence-corrected chi connectivity index (χ0v) is 16.3. The van der Waals surface area contributed by atoms with Gasteiger partial charge in [-0.2, -0.15) is 0 Å². The number of carbonyl (C=O) groups is 1. The SMILES string of the molecule is CCOCCCNC(=NCC(=O)N(C)C)NC(C)c1ccccc1Cl. The molecule has 1 unspecified atom stereocenters. The Balaban J connectivity index is 2.70. The number of guanidine groups is 1. The largest absolute Gasteiger partial charge is 0.382 e. The van der Waals surface area contributed by atoms with E-state index in [2.05, 4.69) is 15.6 Å². The van der Waals surface area contributed by atoms with E-state index in [1.807, 2.05) is 38.1 Å². The minimum Gasteiger partial charge on any atom is -0.382 e. The molecule has 0 aliphatic heterocycles. The second-order valence-corrected chi connectivity index (χ2v) is 6.22. The smallest absolute Gasteiger partial charge is 0.243 e. The second-order valence-electron chi connectivity index (χ2n) is 5.82. The molecule has 0 bridgehead atoms. The molecule has 0 fully saturated rings. The minimum absolute atomic E-state index is 0.0405. The molecule has 0 aliphatic carbocycles. The van der Waals surface area contributed by atoms with E-state index in [9.17, 15) is 4.79 Å². The van der Waals surface area contributed by atoms with Gasteiger partial charge in [-0.25, -0.2) is 4.99 Å². The molecule has 25 heavy (non-hydrogen) atoms. The van der Waals surface area contributed by atoms with Gasteiger partial charge in [-0.3, -0.25) is 4.79 Å². The third-order valence-corrected chi connectivity index (χ3v) is 3.90. The molecule has 140 valence electrons. The van der Waals surface area contributed by atoms with Gasteiger partial charge in [0, 0.05) is 38.9 Å². The van der Waals surface area contributed by atoms with Crippen LogP contribution in [0.5, 0.6) is 0 Å². The Hall–Kier alpha value is -1.79. The molecule has 0 saturated heterocycles. The van der Waals surface area contributed by atoms with Crippen molar-refractivity contribution in [1.29, 1.82) is 0 Å². The summed E-state index contributed by atoms with van der Waals surface area (Å²) in [6.07, 6.45) is 0.858. The van der Waals surface area contributed by atoms with Gasteiger partial charge in [0.2, 0.25) is 5.91 Å². The van der Waals surface area contributed by atoms with Gasteiger partial charge in [0.25, 0.3) is 0 Å². The van der Waals surface area contributed by atoms with E-state index in [1.165, 1.54) is 4.90 Å². The average Bonchev–Trinajstić information content (AvgIpc) is 2.59. The molecule has 0 heterocycles. The van der Waals surface area contributed by atoms with Gasteiger partial charge in [-0.15, -0.1) is 0 Å². The Kier molecular flexibility index (Phi) is 9.96. The van der Waals surface area contributed by atoms with Gasteiger partial charge in [0.05, 0.1) is 6.04 Å². The fourth-order valence-corrected chi connectivity index (χ4v) is 2.37. The number of ether oxygens (including phenoxy) is 1. The maximum atomic E-state index is 11.8. The summed E-state index contributed by atoms with van der Waals surface area (Å²) in [6.45, 7) is 6.17. The normalized spacial score (nSPS) is 12.6. The first-order valence-electron chi connectivity index (χ1n) is 8.52. The standard InChI is InChI=1S/C18H29ClN4O2/c1-5-25-12-8-11-20-18(21-13-17(24)23(3)4)22-14(2)15-9-6-7-10-16(15)19/h6-7,9-10,14H,5,8,11-13H2,1-4H3,(H2,20,21,22). The quantitative estimate of drug-likeness (QED) is 0.399. The van der Waals surface area contributed by atoms with Crippen LogP contribution in [0.15, 0.2) is 29.3 Å². The molecule has 2 N–H and O–H groups in total. The van der Waals surface area contributed by atoms with Crippen molar-refractivity contribution in [3.63, 3.8) is 0 Å². The van der Waals surface area contributed by atoms with Crippen molar-refractivity contribution in [3.05, 3.63) is 34.9 Å². The molecular formula is C18H29ClN4O2. The minimum atomic E-state index is -0.0548. The summed E-state index contributed by atoms with van der Waals surface area (Å²) >= 11 is 6.26. The van der Waals surface area contributed by atoms with Crippen molar-refractivity contribution in [2.45, 2.75) is 26.3 Å². The lowest BCUT2D eigenvalue weighted by Gasteiger charge is -2.20. The fraction of sp³-hybridized carbons (Fsp3) is 0.556. The van der Waals surface area contributed by atoms with Crippen LogP contribution in [-0.4, -0.2) is 57.2 Å². The van der Waals surface area contributed by atoms with E-state index >= 15 is 0 Å². The van der Waals surface area contributed by atoms with E-state index in [0.29, 0.717) is 30.7 Å². The molecular weight excluding hydrogens is 340 g/mol. The van der Waals surface area contributed by atoms with E-state index < -0.39 is 0 Å². The van der Waals surface area contributed by atoms with Gasteiger partial charge in [-0.1, -0.05) is 29.8 Å². The summed E-state index contributed by atoms with van der Waals surface area (Å²) in [7, 11) is 3.43. The fourth-order valence-electron chi connectivity index (χ4n) is 2.08. The molecule has 6 nitrogen and oxygen atoms in total. The molecule has 1 aromatic rings. The summed E-state index contributed by atoms with van der Waals surface area (Å²) in [5, 5.41) is 7.24. The van der Waals surface area contributed by atoms with Crippen LogP contribution >= 0.6 is 11.6 Å². The van der Waals surface area contributed by atoms with Crippen molar-refractivity contribution < 1.29 is 9.53 Å². The number of halogens is 1. The van der Waals surface area contributed by atoms with E-state index in [-0.39, 0.29) is 18.5 Å². The Morgan fingerprint density at radius 3 is 2.72 bits per heavy atom. The molecule has 0 saturated carbocycles. The van der Waals surface area contributed by atoms with Gasteiger partial charge < -0.3 is 20.3 Å². The molecule has 1 rings (SSSR count). The summed E-state index contributed by atoms with van der Waals surface area (Å²) in [5.41, 5.74) is 0.979. The van der Waals surface area contributed by atoms with Crippen LogP contribution in [0, 0.1) is 0 Å². The predicted molar refractivity (Wildman–Crippen MR) is 103 cm³/mol. The number of hydrogen-bond acceptors (Lipinski definition) is 3. The van der Waals surface area contributed by atoms with Gasteiger partial charge in [-0.05, 0) is 31.9 Å². The van der Waals surface area contributed by atoms with Gasteiger partial charge >= 0.3 is 0 Å². The monoisotopic (exact) mass is 368 g/mol. The first kappa shape index (κ1) is 21.3. The lowest BCUT2D eigenvalue weighted by Crippen LogP contribution is -2.40. The summed E-state index contributed by atoms with van der Waals surface area (Å²) in [6, 6.07) is 7.63. The summed E-state index contributed by atoms with van der Waals surface area (Å²) in [4.78, 5) is 17.7. The zero-order valence-electron chi connectivity index (χ0n) is 15.5. The number of likely N-dealkylation sites (N-methyl/N-ethyl adjacent to an activating group) is 1. The predicted octanol–water partition coefficient (Wildman–Crippen LogP) is 2.45. The van der Waals surface area contributed by atoms with Crippen LogP contribution in [0.1, 0.15) is 31.9 Å². The van der Waals surface area contributed by atoms with Crippen LogP contribution in [0.25, 0.3) is 0 Å². The molecule has 7 heteroatoms. The van der Waals surface area contributed by atoms with Crippen molar-refractivity contribution in [3.8, 4) is 0 Å². The van der Waals surface area contributed by atoms with E-state index in [1.54, 1.807) is 14.1 Å². The van der Waals surface area contributed by atoms with E-state index in [0.717, 1.165) is 12.0 Å². The summed E-state index contributed by atoms with van der Waals surface area (Å²) in [5.74, 6) is 0.528. The van der Waals surface area contributed by atoms with Crippen molar-refractivity contribution in [1.82, 2.24) is 15.5 Å². The van der Waals surface area contributed by atoms with Crippen LogP contribution < -0.4 is 10.6 Å². The highest BCUT2D eigenvalue weighted by Crippen LogP contribution is 2.21. The summed E-state index contributed by atoms with van der Waals surface area (Å²) < 4.78 is 5.33. The number of rotatable bonds is 9. The highest BCUT2D eigenvalue weighted by atomic mass is 35.5. The molecule has 0 aliphatic rings. The number of amides is 1. The Morgan fingerprint density at radius 2 is 2.08 bits per heavy atom. The van der Waals surface area contributed by atoms with Crippen LogP contribution in [0.4, 0.5) is 0 Å². The molecule has 1 amide bonds. The molecule has 0 spiro atoms. The zero-order chi connectivity index (χ0) is 18.7. The van der Waals surface area contributed by atoms with Crippen molar-refractivity contribution in [2.75, 3.05) is 40.4 Å². The Bertz CT molecular complexity index is 564. The molecule has 0 radical (unpaired) electrons. The van der Waals surface area contributed by atoms with Crippen molar-refractivity contribution >= 4 is 23.5 Å². The third-order valence-electron chi connectivity index (χ3n) is 3.56. The maximum Gasteiger partial charge on any atom is 0.243 e. The molecule has 1 atom stereocenters. The highest BCUT2D eigenvalue weighted by Gasteiger charge is 2.12. The first-order valence-corrected chi connectivity index (χ1v) is 8.90. The number of nitrogens with one attached hydrogen (secondary N) is 2. The number of nitrogens with zero attached hydrogens (tertiary/aromatic N) is 2. The highest BCUT2D eigenvalue weighted by molar-refractivity contribution is 6.31. The lowest BCUT2D eigenvalue weighted by atomic mass is 10.1. The number of hydrogen-bond donors (Lipinski definition) is 2. The topological polar surface area (TPSA) is 66.0 Å². The number of aliphatic imine (C=N–C) groups is 1. The molecule has 1 aromatic carbocycles. The van der Waals surface area contributed by atoms with Crippen LogP contribution in [0.3, 0.4) is 0 Å². The van der Waals surface area contributed by atoms with Crippen LogP contribution in [0.2, 0.25) is 5.02 Å². The second kappa shape index (κ2) is 11.7. The lowest BCUT2D eigenvalue weighted by molar-refractivity contribution is -0.127. The number of benzene rings is 1. The average molecular weight is 369 g/mol. The molecule has 0 aromatic heterocycles. The first-order chi connectivity index (χ1) is 12.0. The van der Waals surface area contributed by atoms with Crippen molar-refractivity contribution in [2.24, 2.45) is 4.99 Å². The van der Waals surface area contributed by atoms with Crippen LogP contribution in [-0.2, 0) is 9.53 Å². The Labute approximate surface area is 155 Å². The van der Waals surface area contributed by atoms with E-state index in [4.69, 9.17) is 16.3 Å². The van der Waals surface area contributed by atoms with Gasteiger partial charge in [0.15, 0.2) is 5.96 Å². The Morgan fingerprint density at radius 1 is 1.36 bits per heavy atom. The van der Waals surface area contributed by atoms with Gasteiger partial charge in [0.1, 0.15) is 6.54 Å². The maximum absolute atomic E-state index is 11.8. The third kappa shape index (κ3) is 8.23.